The average Bonchev–Trinajstić information content (AvgIpc) is 2.64. The highest BCUT2D eigenvalue weighted by molar-refractivity contribution is 5.73. The van der Waals surface area contributed by atoms with E-state index in [1.54, 1.807) is 12.2 Å². The van der Waals surface area contributed by atoms with Gasteiger partial charge in [0.2, 0.25) is 11.3 Å². The van der Waals surface area contributed by atoms with Crippen LogP contribution < -0.4 is 0 Å². The molecule has 0 N–H and O–H groups in total. The molecule has 0 heterocycles. The number of halogens is 10. The molecule has 4 unspecified atom stereocenters. The van der Waals surface area contributed by atoms with E-state index in [4.69, 9.17) is 4.74 Å². The maximum absolute atomic E-state index is 15.0. The molecule has 0 aromatic heterocycles. The lowest BCUT2D eigenvalue weighted by molar-refractivity contribution is -0.470. The van der Waals surface area contributed by atoms with Gasteiger partial charge in [-0.3, -0.25) is 4.79 Å². The van der Waals surface area contributed by atoms with E-state index in [1.807, 2.05) is 0 Å². The smallest absolute Gasteiger partial charge is 0.381 e. The Bertz CT molecular complexity index is 721. The minimum absolute atomic E-state index is 0.192. The van der Waals surface area contributed by atoms with Crippen LogP contribution >= 0.6 is 0 Å². The standard InChI is InChI=1S/C17H16F10O2/c18-12-7-6-10(29-11(28)9-4-2-1-3-5-9)8-13(12,19)15(22,23)17(26,27)16(24,25)14(12,20)21/h1-2,9-10H,3-8H2. The Hall–Kier alpha value is -1.49. The lowest BCUT2D eigenvalue weighted by Gasteiger charge is -2.58. The highest BCUT2D eigenvalue weighted by atomic mass is 19.4. The number of hydrogen-bond donors (Lipinski definition) is 0. The van der Waals surface area contributed by atoms with E-state index in [2.05, 4.69) is 0 Å². The number of carbonyl (C=O) groups is 1. The summed E-state index contributed by atoms with van der Waals surface area (Å²) in [7, 11) is 0. The van der Waals surface area contributed by atoms with E-state index in [1.165, 1.54) is 0 Å². The summed E-state index contributed by atoms with van der Waals surface area (Å²) in [6.45, 7) is 0. The van der Waals surface area contributed by atoms with E-state index >= 15 is 4.39 Å². The third-order valence-electron chi connectivity index (χ3n) is 6.01. The first-order chi connectivity index (χ1) is 13.1. The summed E-state index contributed by atoms with van der Waals surface area (Å²) in [5.74, 6) is -28.4. The highest BCUT2D eigenvalue weighted by Crippen LogP contribution is 2.72. The lowest BCUT2D eigenvalue weighted by Crippen LogP contribution is -2.86. The van der Waals surface area contributed by atoms with Crippen LogP contribution in [0.1, 0.15) is 38.5 Å². The summed E-state index contributed by atoms with van der Waals surface area (Å²) in [5, 5.41) is 0. The largest absolute Gasteiger partial charge is 0.462 e. The number of ether oxygens (including phenoxy) is 1. The van der Waals surface area contributed by atoms with E-state index in [9.17, 15) is 44.3 Å². The molecule has 2 fully saturated rings. The predicted molar refractivity (Wildman–Crippen MR) is 77.7 cm³/mol. The Morgan fingerprint density at radius 1 is 0.759 bits per heavy atom. The van der Waals surface area contributed by atoms with E-state index in [0.29, 0.717) is 6.42 Å². The van der Waals surface area contributed by atoms with Crippen molar-refractivity contribution in [3.8, 4) is 0 Å². The van der Waals surface area contributed by atoms with Gasteiger partial charge in [-0.15, -0.1) is 0 Å². The van der Waals surface area contributed by atoms with Gasteiger partial charge in [0, 0.05) is 6.42 Å². The molecule has 3 rings (SSSR count). The van der Waals surface area contributed by atoms with Crippen molar-refractivity contribution in [2.24, 2.45) is 5.92 Å². The average molecular weight is 442 g/mol. The number of esters is 1. The van der Waals surface area contributed by atoms with Crippen molar-refractivity contribution in [3.63, 3.8) is 0 Å². The zero-order valence-electron chi connectivity index (χ0n) is 14.6. The van der Waals surface area contributed by atoms with Gasteiger partial charge in [0.15, 0.2) is 0 Å². The van der Waals surface area contributed by atoms with Crippen molar-refractivity contribution in [2.75, 3.05) is 0 Å². The van der Waals surface area contributed by atoms with Crippen LogP contribution in [0.15, 0.2) is 12.2 Å². The second-order valence-corrected chi connectivity index (χ2v) is 7.68. The molecule has 3 aliphatic carbocycles. The molecule has 3 aliphatic rings. The summed E-state index contributed by atoms with van der Waals surface area (Å²) in [6.07, 6.45) is -2.73. The second-order valence-electron chi connectivity index (χ2n) is 7.68. The molecular weight excluding hydrogens is 426 g/mol. The fourth-order valence-electron chi connectivity index (χ4n) is 4.18. The van der Waals surface area contributed by atoms with Gasteiger partial charge in [0.05, 0.1) is 5.92 Å². The van der Waals surface area contributed by atoms with Crippen LogP contribution in [0.4, 0.5) is 43.9 Å². The zero-order valence-corrected chi connectivity index (χ0v) is 14.6. The van der Waals surface area contributed by atoms with Crippen LogP contribution in [0.3, 0.4) is 0 Å². The Balaban J connectivity index is 1.94. The maximum Gasteiger partial charge on any atom is 0.381 e. The molecule has 0 aromatic carbocycles. The van der Waals surface area contributed by atoms with Crippen molar-refractivity contribution in [3.05, 3.63) is 12.2 Å². The summed E-state index contributed by atoms with van der Waals surface area (Å²) < 4.78 is 145. The Kier molecular flexibility index (Phi) is 4.79. The number of rotatable bonds is 2. The molecule has 0 saturated heterocycles. The molecular formula is C17H16F10O2. The first-order valence-corrected chi connectivity index (χ1v) is 8.81. The number of carbonyl (C=O) groups excluding carboxylic acids is 1. The Labute approximate surface area is 158 Å². The van der Waals surface area contributed by atoms with Crippen molar-refractivity contribution in [2.45, 2.75) is 79.7 Å². The first kappa shape index (κ1) is 22.2. The van der Waals surface area contributed by atoms with E-state index < -0.39 is 72.3 Å². The highest BCUT2D eigenvalue weighted by Gasteiger charge is 2.99. The van der Waals surface area contributed by atoms with Gasteiger partial charge >= 0.3 is 29.7 Å². The van der Waals surface area contributed by atoms with Gasteiger partial charge in [0.25, 0.3) is 0 Å². The summed E-state index contributed by atoms with van der Waals surface area (Å²) >= 11 is 0. The topological polar surface area (TPSA) is 26.3 Å². The second kappa shape index (κ2) is 6.26. The van der Waals surface area contributed by atoms with Crippen LogP contribution in [-0.4, -0.2) is 47.1 Å². The zero-order chi connectivity index (χ0) is 22.1. The fourth-order valence-corrected chi connectivity index (χ4v) is 4.18. The maximum atomic E-state index is 15.0. The normalized spacial score (nSPS) is 42.0. The quantitative estimate of drug-likeness (QED) is 0.325. The minimum Gasteiger partial charge on any atom is -0.462 e. The summed E-state index contributed by atoms with van der Waals surface area (Å²) in [5.41, 5.74) is -10.7. The van der Waals surface area contributed by atoms with Gasteiger partial charge in [-0.1, -0.05) is 12.2 Å². The first-order valence-electron chi connectivity index (χ1n) is 8.81. The van der Waals surface area contributed by atoms with E-state index in [0.717, 1.165) is 0 Å². The number of alkyl halides is 10. The van der Waals surface area contributed by atoms with Gasteiger partial charge in [-0.2, -0.15) is 35.1 Å². The number of fused-ring (bicyclic) bond motifs is 1. The van der Waals surface area contributed by atoms with Gasteiger partial charge in [-0.25, -0.2) is 8.78 Å². The molecule has 0 bridgehead atoms. The van der Waals surface area contributed by atoms with Crippen LogP contribution in [0.5, 0.6) is 0 Å². The molecule has 166 valence electrons. The molecule has 0 amide bonds. The van der Waals surface area contributed by atoms with Crippen molar-refractivity contribution in [1.29, 1.82) is 0 Å². The van der Waals surface area contributed by atoms with Crippen molar-refractivity contribution >= 4 is 5.97 Å². The molecule has 2 saturated carbocycles. The molecule has 0 spiro atoms. The van der Waals surface area contributed by atoms with E-state index in [-0.39, 0.29) is 12.8 Å². The van der Waals surface area contributed by atoms with Crippen LogP contribution in [-0.2, 0) is 9.53 Å². The summed E-state index contributed by atoms with van der Waals surface area (Å²) in [4.78, 5) is 12.1. The SMILES string of the molecule is O=C(OC1CCC2(F)C(F)(F)C(F)(F)C(F)(F)C(F)(F)C2(F)C1)C1CC=CCC1. The number of allylic oxidation sites excluding steroid dienone is 2. The minimum atomic E-state index is -6.88. The van der Waals surface area contributed by atoms with Crippen molar-refractivity contribution < 1.29 is 53.4 Å². The lowest BCUT2D eigenvalue weighted by atomic mass is 9.59. The van der Waals surface area contributed by atoms with Crippen LogP contribution in [0.25, 0.3) is 0 Å². The summed E-state index contributed by atoms with van der Waals surface area (Å²) in [6, 6.07) is 0. The van der Waals surface area contributed by atoms with Crippen molar-refractivity contribution in [1.82, 2.24) is 0 Å². The van der Waals surface area contributed by atoms with Gasteiger partial charge in [0.1, 0.15) is 6.10 Å². The molecule has 2 nitrogen and oxygen atoms in total. The van der Waals surface area contributed by atoms with Gasteiger partial charge < -0.3 is 4.74 Å². The van der Waals surface area contributed by atoms with Crippen LogP contribution in [0, 0.1) is 5.92 Å². The van der Waals surface area contributed by atoms with Gasteiger partial charge in [-0.05, 0) is 32.1 Å². The molecule has 0 aliphatic heterocycles. The van der Waals surface area contributed by atoms with Crippen LogP contribution in [0.2, 0.25) is 0 Å². The number of hydrogen-bond acceptors (Lipinski definition) is 2. The third-order valence-corrected chi connectivity index (χ3v) is 6.01. The monoisotopic (exact) mass is 442 g/mol. The molecule has 0 aromatic rings. The Morgan fingerprint density at radius 2 is 1.31 bits per heavy atom. The molecule has 4 atom stereocenters. The Morgan fingerprint density at radius 3 is 1.83 bits per heavy atom. The molecule has 29 heavy (non-hydrogen) atoms. The third kappa shape index (κ3) is 2.52. The molecule has 0 radical (unpaired) electrons. The molecule has 12 heteroatoms. The predicted octanol–water partition coefficient (Wildman–Crippen LogP) is 5.41. The fraction of sp³-hybridized carbons (Fsp3) is 0.824.